The van der Waals surface area contributed by atoms with Gasteiger partial charge >= 0.3 is 0 Å². The van der Waals surface area contributed by atoms with Crippen molar-refractivity contribution in [1.82, 2.24) is 10.3 Å². The predicted molar refractivity (Wildman–Crippen MR) is 80.7 cm³/mol. The van der Waals surface area contributed by atoms with Gasteiger partial charge in [-0.25, -0.2) is 0 Å². The summed E-state index contributed by atoms with van der Waals surface area (Å²) in [6.45, 7) is 4.75. The molecule has 0 bridgehead atoms. The van der Waals surface area contributed by atoms with Crippen LogP contribution in [-0.4, -0.2) is 4.98 Å². The zero-order chi connectivity index (χ0) is 13.8. The van der Waals surface area contributed by atoms with Gasteiger partial charge in [0, 0.05) is 18.3 Å². The standard InChI is InChI=1S/C15H16Cl2N2/c1-10-5-3-6-12(19-10)9-18-11(2)13-7-4-8-14(16)15(13)17/h3-8,11,18H,9H2,1-2H3. The molecule has 0 aliphatic rings. The van der Waals surface area contributed by atoms with E-state index in [2.05, 4.69) is 17.2 Å². The van der Waals surface area contributed by atoms with E-state index in [0.29, 0.717) is 16.6 Å². The van der Waals surface area contributed by atoms with Crippen LogP contribution in [-0.2, 0) is 6.54 Å². The minimum absolute atomic E-state index is 0.119. The maximum atomic E-state index is 6.21. The molecule has 2 nitrogen and oxygen atoms in total. The second-order valence-electron chi connectivity index (χ2n) is 4.52. The topological polar surface area (TPSA) is 24.9 Å². The van der Waals surface area contributed by atoms with E-state index in [1.165, 1.54) is 0 Å². The molecule has 0 saturated carbocycles. The van der Waals surface area contributed by atoms with Crippen LogP contribution in [0.5, 0.6) is 0 Å². The van der Waals surface area contributed by atoms with Crippen molar-refractivity contribution < 1.29 is 0 Å². The van der Waals surface area contributed by atoms with Crippen molar-refractivity contribution in [2.75, 3.05) is 0 Å². The highest BCUT2D eigenvalue weighted by atomic mass is 35.5. The predicted octanol–water partition coefficient (Wildman–Crippen LogP) is 4.55. The maximum absolute atomic E-state index is 6.21. The van der Waals surface area contributed by atoms with Crippen LogP contribution in [0.1, 0.15) is 29.9 Å². The summed E-state index contributed by atoms with van der Waals surface area (Å²) in [5, 5.41) is 4.60. The zero-order valence-electron chi connectivity index (χ0n) is 11.0. The van der Waals surface area contributed by atoms with Gasteiger partial charge < -0.3 is 5.32 Å². The Labute approximate surface area is 123 Å². The Balaban J connectivity index is 2.05. The van der Waals surface area contributed by atoms with Crippen molar-refractivity contribution in [3.8, 4) is 0 Å². The van der Waals surface area contributed by atoms with E-state index >= 15 is 0 Å². The molecule has 0 amide bonds. The Kier molecular flexibility index (Phi) is 4.81. The minimum Gasteiger partial charge on any atom is -0.305 e. The highest BCUT2D eigenvalue weighted by molar-refractivity contribution is 6.42. The molecular weight excluding hydrogens is 279 g/mol. The molecular formula is C15H16Cl2N2. The highest BCUT2D eigenvalue weighted by Gasteiger charge is 2.11. The van der Waals surface area contributed by atoms with E-state index < -0.39 is 0 Å². The highest BCUT2D eigenvalue weighted by Crippen LogP contribution is 2.29. The molecule has 100 valence electrons. The number of hydrogen-bond acceptors (Lipinski definition) is 2. The first kappa shape index (κ1) is 14.3. The van der Waals surface area contributed by atoms with Crippen molar-refractivity contribution in [3.05, 3.63) is 63.4 Å². The average Bonchev–Trinajstić information content (AvgIpc) is 2.39. The number of hydrogen-bond donors (Lipinski definition) is 1. The molecule has 2 aromatic rings. The van der Waals surface area contributed by atoms with Crippen molar-refractivity contribution in [2.45, 2.75) is 26.4 Å². The molecule has 4 heteroatoms. The number of aromatic nitrogens is 1. The van der Waals surface area contributed by atoms with Crippen LogP contribution in [0.2, 0.25) is 10.0 Å². The van der Waals surface area contributed by atoms with Crippen LogP contribution >= 0.6 is 23.2 Å². The number of nitrogens with zero attached hydrogens (tertiary/aromatic N) is 1. The lowest BCUT2D eigenvalue weighted by Crippen LogP contribution is -2.19. The summed E-state index contributed by atoms with van der Waals surface area (Å²) in [5.41, 5.74) is 3.04. The summed E-state index contributed by atoms with van der Waals surface area (Å²) in [6, 6.07) is 11.8. The number of nitrogens with one attached hydrogen (secondary N) is 1. The minimum atomic E-state index is 0.119. The molecule has 19 heavy (non-hydrogen) atoms. The van der Waals surface area contributed by atoms with E-state index in [-0.39, 0.29) is 6.04 Å². The van der Waals surface area contributed by atoms with Crippen molar-refractivity contribution in [1.29, 1.82) is 0 Å². The summed E-state index contributed by atoms with van der Waals surface area (Å²) in [4.78, 5) is 4.46. The number of aryl methyl sites for hydroxylation is 1. The summed E-state index contributed by atoms with van der Waals surface area (Å²) >= 11 is 12.2. The number of halogens is 2. The van der Waals surface area contributed by atoms with Crippen molar-refractivity contribution in [2.24, 2.45) is 0 Å². The summed E-state index contributed by atoms with van der Waals surface area (Å²) in [5.74, 6) is 0. The van der Waals surface area contributed by atoms with Crippen molar-refractivity contribution in [3.63, 3.8) is 0 Å². The average molecular weight is 295 g/mol. The fourth-order valence-electron chi connectivity index (χ4n) is 1.92. The van der Waals surface area contributed by atoms with Crippen LogP contribution in [0.15, 0.2) is 36.4 Å². The molecule has 0 spiro atoms. The molecule has 0 fully saturated rings. The maximum Gasteiger partial charge on any atom is 0.0639 e. The Bertz CT molecular complexity index is 570. The molecule has 1 N–H and O–H groups in total. The number of rotatable bonds is 4. The van der Waals surface area contributed by atoms with Gasteiger partial charge in [0.25, 0.3) is 0 Å². The number of pyridine rings is 1. The second kappa shape index (κ2) is 6.38. The second-order valence-corrected chi connectivity index (χ2v) is 5.30. The van der Waals surface area contributed by atoms with Gasteiger partial charge in [0.15, 0.2) is 0 Å². The lowest BCUT2D eigenvalue weighted by Gasteiger charge is -2.16. The van der Waals surface area contributed by atoms with E-state index in [1.54, 1.807) is 6.07 Å². The monoisotopic (exact) mass is 294 g/mol. The molecule has 0 aliphatic carbocycles. The first-order valence-electron chi connectivity index (χ1n) is 6.18. The zero-order valence-corrected chi connectivity index (χ0v) is 12.5. The van der Waals surface area contributed by atoms with Gasteiger partial charge in [0.1, 0.15) is 0 Å². The van der Waals surface area contributed by atoms with Gasteiger partial charge in [-0.2, -0.15) is 0 Å². The fourth-order valence-corrected chi connectivity index (χ4v) is 2.39. The van der Waals surface area contributed by atoms with E-state index in [1.807, 2.05) is 37.3 Å². The Morgan fingerprint density at radius 2 is 1.89 bits per heavy atom. The lowest BCUT2D eigenvalue weighted by atomic mass is 10.1. The van der Waals surface area contributed by atoms with Crippen molar-refractivity contribution >= 4 is 23.2 Å². The quantitative estimate of drug-likeness (QED) is 0.895. The normalized spacial score (nSPS) is 12.4. The molecule has 1 unspecified atom stereocenters. The largest absolute Gasteiger partial charge is 0.305 e. The van der Waals surface area contributed by atoms with E-state index in [0.717, 1.165) is 17.0 Å². The first-order valence-corrected chi connectivity index (χ1v) is 6.93. The fraction of sp³-hybridized carbons (Fsp3) is 0.267. The third-order valence-corrected chi connectivity index (χ3v) is 3.82. The van der Waals surface area contributed by atoms with Crippen LogP contribution in [0.3, 0.4) is 0 Å². The third-order valence-electron chi connectivity index (χ3n) is 2.98. The molecule has 0 radical (unpaired) electrons. The summed E-state index contributed by atoms with van der Waals surface area (Å²) in [7, 11) is 0. The third kappa shape index (κ3) is 3.69. The van der Waals surface area contributed by atoms with Gasteiger partial charge in [0.05, 0.1) is 15.7 Å². The Morgan fingerprint density at radius 3 is 2.63 bits per heavy atom. The van der Waals surface area contributed by atoms with Gasteiger partial charge in [0.2, 0.25) is 0 Å². The Morgan fingerprint density at radius 1 is 1.16 bits per heavy atom. The van der Waals surface area contributed by atoms with Gasteiger partial charge in [-0.1, -0.05) is 41.4 Å². The Hall–Kier alpha value is -1.09. The summed E-state index contributed by atoms with van der Waals surface area (Å²) in [6.07, 6.45) is 0. The summed E-state index contributed by atoms with van der Waals surface area (Å²) < 4.78 is 0. The molecule has 1 aromatic heterocycles. The first-order chi connectivity index (χ1) is 9.08. The van der Waals surface area contributed by atoms with Crippen LogP contribution < -0.4 is 5.32 Å². The van der Waals surface area contributed by atoms with Gasteiger partial charge in [-0.3, -0.25) is 4.98 Å². The van der Waals surface area contributed by atoms with E-state index in [9.17, 15) is 0 Å². The molecule has 1 aromatic carbocycles. The smallest absolute Gasteiger partial charge is 0.0639 e. The molecule has 2 rings (SSSR count). The molecule has 1 heterocycles. The van der Waals surface area contributed by atoms with Gasteiger partial charge in [-0.05, 0) is 37.6 Å². The van der Waals surface area contributed by atoms with Crippen LogP contribution in [0, 0.1) is 6.92 Å². The SMILES string of the molecule is Cc1cccc(CNC(C)c2cccc(Cl)c2Cl)n1. The van der Waals surface area contributed by atoms with Crippen LogP contribution in [0.25, 0.3) is 0 Å². The number of benzene rings is 1. The molecule has 0 aliphatic heterocycles. The van der Waals surface area contributed by atoms with Gasteiger partial charge in [-0.15, -0.1) is 0 Å². The molecule has 1 atom stereocenters. The van der Waals surface area contributed by atoms with Crippen LogP contribution in [0.4, 0.5) is 0 Å². The van der Waals surface area contributed by atoms with E-state index in [4.69, 9.17) is 23.2 Å². The lowest BCUT2D eigenvalue weighted by molar-refractivity contribution is 0.567. The molecule has 0 saturated heterocycles.